The van der Waals surface area contributed by atoms with Gasteiger partial charge in [-0.2, -0.15) is 4.98 Å². The molecule has 1 aliphatic rings. The number of nitrogens with zero attached hydrogens (tertiary/aromatic N) is 3. The third-order valence-electron chi connectivity index (χ3n) is 3.65. The van der Waals surface area contributed by atoms with Crippen LogP contribution < -0.4 is 10.6 Å². The molecule has 1 saturated heterocycles. The molecule has 0 spiro atoms. The zero-order valence-corrected chi connectivity index (χ0v) is 11.5. The van der Waals surface area contributed by atoms with Gasteiger partial charge in [-0.15, -0.1) is 0 Å². The van der Waals surface area contributed by atoms with Crippen molar-refractivity contribution in [3.63, 3.8) is 0 Å². The van der Waals surface area contributed by atoms with E-state index in [1.165, 1.54) is 0 Å². The largest absolute Gasteiger partial charge is 0.423 e. The van der Waals surface area contributed by atoms with E-state index in [2.05, 4.69) is 9.88 Å². The molecule has 20 heavy (non-hydrogen) atoms. The zero-order chi connectivity index (χ0) is 14.1. The number of nitrogens with two attached hydrogens (primary N) is 1. The Morgan fingerprint density at radius 1 is 1.30 bits per heavy atom. The van der Waals surface area contributed by atoms with Crippen molar-refractivity contribution in [1.29, 1.82) is 0 Å². The highest BCUT2D eigenvalue weighted by Gasteiger charge is 2.20. The lowest BCUT2D eigenvalue weighted by molar-refractivity contribution is -0.128. The highest BCUT2D eigenvalue weighted by Crippen LogP contribution is 2.26. The van der Waals surface area contributed by atoms with Crippen LogP contribution in [0, 0.1) is 0 Å². The normalized spacial score (nSPS) is 16.4. The van der Waals surface area contributed by atoms with Gasteiger partial charge in [-0.25, -0.2) is 0 Å². The molecule has 0 bridgehead atoms. The smallest absolute Gasteiger partial charge is 0.298 e. The van der Waals surface area contributed by atoms with Crippen LogP contribution in [-0.2, 0) is 4.79 Å². The summed E-state index contributed by atoms with van der Waals surface area (Å²) < 4.78 is 5.77. The standard InChI is InChI=1S/C14H18N4O2/c1-10(19)17-6-3-7-18(9-8-17)14-16-13-11(15)4-2-5-12(13)20-14/h2,4-5H,3,6-9,15H2,1H3. The predicted molar refractivity (Wildman–Crippen MR) is 77.5 cm³/mol. The molecular formula is C14H18N4O2. The van der Waals surface area contributed by atoms with Crippen LogP contribution in [-0.4, -0.2) is 42.0 Å². The number of para-hydroxylation sites is 1. The molecule has 1 aromatic heterocycles. The summed E-state index contributed by atoms with van der Waals surface area (Å²) in [6.45, 7) is 4.65. The van der Waals surface area contributed by atoms with Gasteiger partial charge in [0.2, 0.25) is 5.91 Å². The van der Waals surface area contributed by atoms with Crippen LogP contribution >= 0.6 is 0 Å². The van der Waals surface area contributed by atoms with Gasteiger partial charge < -0.3 is 20.0 Å². The second kappa shape index (κ2) is 5.03. The number of rotatable bonds is 1. The van der Waals surface area contributed by atoms with Gasteiger partial charge in [-0.05, 0) is 18.6 Å². The van der Waals surface area contributed by atoms with Crippen LogP contribution in [0.2, 0.25) is 0 Å². The molecule has 0 saturated carbocycles. The summed E-state index contributed by atoms with van der Waals surface area (Å²) in [5.41, 5.74) is 7.93. The Balaban J connectivity index is 1.84. The number of anilines is 2. The number of carbonyl (C=O) groups excluding carboxylic acids is 1. The van der Waals surface area contributed by atoms with Gasteiger partial charge >= 0.3 is 0 Å². The van der Waals surface area contributed by atoms with Crippen LogP contribution in [0.25, 0.3) is 11.1 Å². The van der Waals surface area contributed by atoms with Gasteiger partial charge in [0.1, 0.15) is 5.52 Å². The number of fused-ring (bicyclic) bond motifs is 1. The fourth-order valence-electron chi connectivity index (χ4n) is 2.52. The maximum absolute atomic E-state index is 11.4. The second-order valence-corrected chi connectivity index (χ2v) is 5.04. The van der Waals surface area contributed by atoms with E-state index in [1.807, 2.05) is 23.1 Å². The second-order valence-electron chi connectivity index (χ2n) is 5.04. The molecule has 2 heterocycles. The Morgan fingerprint density at radius 3 is 2.90 bits per heavy atom. The summed E-state index contributed by atoms with van der Waals surface area (Å²) in [4.78, 5) is 19.8. The van der Waals surface area contributed by atoms with E-state index in [9.17, 15) is 4.79 Å². The molecule has 2 N–H and O–H groups in total. The fraction of sp³-hybridized carbons (Fsp3) is 0.429. The molecule has 1 aliphatic heterocycles. The first-order valence-corrected chi connectivity index (χ1v) is 6.80. The number of benzene rings is 1. The quantitative estimate of drug-likeness (QED) is 0.797. The van der Waals surface area contributed by atoms with Crippen molar-refractivity contribution in [3.05, 3.63) is 18.2 Å². The third-order valence-corrected chi connectivity index (χ3v) is 3.65. The molecule has 2 aromatic rings. The maximum Gasteiger partial charge on any atom is 0.298 e. The summed E-state index contributed by atoms with van der Waals surface area (Å²) in [6, 6.07) is 6.12. The van der Waals surface area contributed by atoms with E-state index in [0.29, 0.717) is 29.3 Å². The first-order valence-electron chi connectivity index (χ1n) is 6.80. The molecule has 0 unspecified atom stereocenters. The first-order chi connectivity index (χ1) is 9.65. The van der Waals surface area contributed by atoms with Gasteiger partial charge in [0, 0.05) is 33.1 Å². The Bertz CT molecular complexity index is 637. The van der Waals surface area contributed by atoms with Crippen LogP contribution in [0.5, 0.6) is 0 Å². The van der Waals surface area contributed by atoms with Gasteiger partial charge in [0.05, 0.1) is 5.69 Å². The van der Waals surface area contributed by atoms with E-state index in [4.69, 9.17) is 10.2 Å². The Kier molecular flexibility index (Phi) is 3.22. The van der Waals surface area contributed by atoms with Gasteiger partial charge in [0.15, 0.2) is 5.58 Å². The molecule has 0 aliphatic carbocycles. The fourth-order valence-corrected chi connectivity index (χ4v) is 2.52. The van der Waals surface area contributed by atoms with Crippen molar-refractivity contribution >= 4 is 28.7 Å². The third kappa shape index (κ3) is 2.29. The van der Waals surface area contributed by atoms with Crippen LogP contribution in [0.4, 0.5) is 11.7 Å². The van der Waals surface area contributed by atoms with E-state index in [0.717, 1.165) is 26.1 Å². The summed E-state index contributed by atoms with van der Waals surface area (Å²) in [6.07, 6.45) is 0.911. The number of hydrogen-bond donors (Lipinski definition) is 1. The first kappa shape index (κ1) is 12.8. The summed E-state index contributed by atoms with van der Waals surface area (Å²) in [5, 5.41) is 0. The van der Waals surface area contributed by atoms with Crippen molar-refractivity contribution in [3.8, 4) is 0 Å². The number of oxazole rings is 1. The highest BCUT2D eigenvalue weighted by molar-refractivity contribution is 5.86. The molecular weight excluding hydrogens is 256 g/mol. The van der Waals surface area contributed by atoms with Gasteiger partial charge in [-0.1, -0.05) is 6.07 Å². The molecule has 106 valence electrons. The van der Waals surface area contributed by atoms with E-state index in [-0.39, 0.29) is 5.91 Å². The monoisotopic (exact) mass is 274 g/mol. The lowest BCUT2D eigenvalue weighted by Crippen LogP contribution is -2.33. The number of aromatic nitrogens is 1. The summed E-state index contributed by atoms with van der Waals surface area (Å²) in [5.74, 6) is 0.119. The minimum Gasteiger partial charge on any atom is -0.423 e. The maximum atomic E-state index is 11.4. The summed E-state index contributed by atoms with van der Waals surface area (Å²) in [7, 11) is 0. The molecule has 3 rings (SSSR count). The molecule has 1 amide bonds. The van der Waals surface area contributed by atoms with Gasteiger partial charge in [-0.3, -0.25) is 4.79 Å². The van der Waals surface area contributed by atoms with Crippen LogP contribution in [0.15, 0.2) is 22.6 Å². The van der Waals surface area contributed by atoms with E-state index >= 15 is 0 Å². The van der Waals surface area contributed by atoms with Crippen molar-refractivity contribution in [2.24, 2.45) is 0 Å². The number of hydrogen-bond acceptors (Lipinski definition) is 5. The molecule has 1 aromatic carbocycles. The van der Waals surface area contributed by atoms with Crippen molar-refractivity contribution < 1.29 is 9.21 Å². The molecule has 6 heteroatoms. The summed E-state index contributed by atoms with van der Waals surface area (Å²) >= 11 is 0. The average Bonchev–Trinajstić information content (AvgIpc) is 2.70. The Hall–Kier alpha value is -2.24. The highest BCUT2D eigenvalue weighted by atomic mass is 16.4. The molecule has 6 nitrogen and oxygen atoms in total. The van der Waals surface area contributed by atoms with Crippen LogP contribution in [0.1, 0.15) is 13.3 Å². The topological polar surface area (TPSA) is 75.6 Å². The zero-order valence-electron chi connectivity index (χ0n) is 11.5. The van der Waals surface area contributed by atoms with E-state index in [1.54, 1.807) is 6.92 Å². The van der Waals surface area contributed by atoms with Crippen molar-refractivity contribution in [2.75, 3.05) is 36.8 Å². The van der Waals surface area contributed by atoms with Gasteiger partial charge in [0.25, 0.3) is 6.01 Å². The van der Waals surface area contributed by atoms with E-state index < -0.39 is 0 Å². The Morgan fingerprint density at radius 2 is 2.15 bits per heavy atom. The Labute approximate surface area is 117 Å². The number of nitrogen functional groups attached to an aromatic ring is 1. The molecule has 1 fully saturated rings. The number of carbonyl (C=O) groups is 1. The van der Waals surface area contributed by atoms with Crippen LogP contribution in [0.3, 0.4) is 0 Å². The van der Waals surface area contributed by atoms with Crippen molar-refractivity contribution in [2.45, 2.75) is 13.3 Å². The average molecular weight is 274 g/mol. The minimum absolute atomic E-state index is 0.119. The minimum atomic E-state index is 0.119. The lowest BCUT2D eigenvalue weighted by Gasteiger charge is -2.19. The lowest BCUT2D eigenvalue weighted by atomic mass is 10.3. The van der Waals surface area contributed by atoms with Crippen molar-refractivity contribution in [1.82, 2.24) is 9.88 Å². The predicted octanol–water partition coefficient (Wildman–Crippen LogP) is 1.47. The molecule has 0 atom stereocenters. The number of amides is 1. The molecule has 0 radical (unpaired) electrons. The SMILES string of the molecule is CC(=O)N1CCCN(c2nc3c(N)cccc3o2)CC1.